The van der Waals surface area contributed by atoms with Gasteiger partial charge in [-0.3, -0.25) is 4.90 Å². The number of rotatable bonds is 11. The SMILES string of the molecule is CCCCCCCCCCN1[C@H](CN)[C@@H](O)[C@H](O)[C@H]1CO. The molecule has 5 heteroatoms. The van der Waals surface area contributed by atoms with Crippen molar-refractivity contribution in [2.45, 2.75) is 82.6 Å². The average Bonchev–Trinajstić information content (AvgIpc) is 2.72. The first kappa shape index (κ1) is 18.8. The zero-order chi connectivity index (χ0) is 15.7. The monoisotopic (exact) mass is 302 g/mol. The second kappa shape index (κ2) is 10.5. The normalized spacial score (nSPS) is 30.1. The van der Waals surface area contributed by atoms with Crippen LogP contribution in [0.25, 0.3) is 0 Å². The summed E-state index contributed by atoms with van der Waals surface area (Å²) >= 11 is 0. The van der Waals surface area contributed by atoms with E-state index in [1.807, 2.05) is 4.90 Å². The molecule has 1 fully saturated rings. The fourth-order valence-electron chi connectivity index (χ4n) is 3.34. The maximum Gasteiger partial charge on any atom is 0.0992 e. The molecule has 126 valence electrons. The van der Waals surface area contributed by atoms with Crippen molar-refractivity contribution in [1.82, 2.24) is 4.90 Å². The van der Waals surface area contributed by atoms with Crippen molar-refractivity contribution in [1.29, 1.82) is 0 Å². The molecule has 1 aliphatic heterocycles. The van der Waals surface area contributed by atoms with Gasteiger partial charge in [-0.25, -0.2) is 0 Å². The molecule has 4 atom stereocenters. The van der Waals surface area contributed by atoms with Crippen LogP contribution >= 0.6 is 0 Å². The first-order valence-electron chi connectivity index (χ1n) is 8.60. The number of aliphatic hydroxyl groups is 3. The predicted molar refractivity (Wildman–Crippen MR) is 85.0 cm³/mol. The predicted octanol–water partition coefficient (Wildman–Crippen LogP) is 0.853. The minimum atomic E-state index is -0.891. The van der Waals surface area contributed by atoms with Gasteiger partial charge in [0.25, 0.3) is 0 Å². The van der Waals surface area contributed by atoms with Gasteiger partial charge in [0.2, 0.25) is 0 Å². The second-order valence-electron chi connectivity index (χ2n) is 6.25. The molecule has 0 spiro atoms. The van der Waals surface area contributed by atoms with Crippen LogP contribution in [-0.2, 0) is 0 Å². The molecule has 1 heterocycles. The second-order valence-corrected chi connectivity index (χ2v) is 6.25. The minimum Gasteiger partial charge on any atom is -0.395 e. The molecule has 1 rings (SSSR count). The zero-order valence-corrected chi connectivity index (χ0v) is 13.5. The lowest BCUT2D eigenvalue weighted by atomic mass is 10.1. The van der Waals surface area contributed by atoms with Gasteiger partial charge in [-0.1, -0.05) is 51.9 Å². The standard InChI is InChI=1S/C16H34N2O3/c1-2-3-4-5-6-7-8-9-10-18-13(11-17)15(20)16(21)14(18)12-19/h13-16,19-21H,2-12,17H2,1H3/t13-,14-,15-,16-/m1/s1. The Kier molecular flexibility index (Phi) is 9.44. The number of nitrogens with zero attached hydrogens (tertiary/aromatic N) is 1. The van der Waals surface area contributed by atoms with Crippen LogP contribution in [0.15, 0.2) is 0 Å². The molecule has 0 aliphatic carbocycles. The molecule has 0 radical (unpaired) electrons. The van der Waals surface area contributed by atoms with Crippen LogP contribution in [0, 0.1) is 0 Å². The third-order valence-corrected chi connectivity index (χ3v) is 4.69. The van der Waals surface area contributed by atoms with Crippen LogP contribution in [0.2, 0.25) is 0 Å². The Labute approximate surface area is 129 Å². The van der Waals surface area contributed by atoms with Gasteiger partial charge in [0, 0.05) is 6.54 Å². The lowest BCUT2D eigenvalue weighted by Gasteiger charge is -2.28. The molecular weight excluding hydrogens is 268 g/mol. The highest BCUT2D eigenvalue weighted by Gasteiger charge is 2.45. The van der Waals surface area contributed by atoms with E-state index in [0.29, 0.717) is 6.54 Å². The third kappa shape index (κ3) is 5.49. The van der Waals surface area contributed by atoms with Crippen molar-refractivity contribution < 1.29 is 15.3 Å². The number of unbranched alkanes of at least 4 members (excludes halogenated alkanes) is 7. The van der Waals surface area contributed by atoms with Crippen molar-refractivity contribution in [3.8, 4) is 0 Å². The Morgan fingerprint density at radius 1 is 0.857 bits per heavy atom. The van der Waals surface area contributed by atoms with E-state index in [2.05, 4.69) is 6.92 Å². The summed E-state index contributed by atoms with van der Waals surface area (Å²) in [7, 11) is 0. The molecule has 21 heavy (non-hydrogen) atoms. The van der Waals surface area contributed by atoms with Crippen LogP contribution in [0.3, 0.4) is 0 Å². The fraction of sp³-hybridized carbons (Fsp3) is 1.00. The molecule has 5 nitrogen and oxygen atoms in total. The quantitative estimate of drug-likeness (QED) is 0.425. The van der Waals surface area contributed by atoms with E-state index in [4.69, 9.17) is 5.73 Å². The number of hydrogen-bond acceptors (Lipinski definition) is 5. The molecule has 1 aliphatic rings. The largest absolute Gasteiger partial charge is 0.395 e. The maximum absolute atomic E-state index is 9.97. The van der Waals surface area contributed by atoms with Crippen molar-refractivity contribution in [3.63, 3.8) is 0 Å². The lowest BCUT2D eigenvalue weighted by molar-refractivity contribution is 0.0184. The van der Waals surface area contributed by atoms with Crippen LogP contribution in [0.1, 0.15) is 58.3 Å². The van der Waals surface area contributed by atoms with Gasteiger partial charge in [-0.05, 0) is 13.0 Å². The molecule has 0 aromatic heterocycles. The summed E-state index contributed by atoms with van der Waals surface area (Å²) in [6.07, 6.45) is 8.24. The van der Waals surface area contributed by atoms with Crippen LogP contribution in [0.5, 0.6) is 0 Å². The van der Waals surface area contributed by atoms with Gasteiger partial charge in [0.15, 0.2) is 0 Å². The van der Waals surface area contributed by atoms with E-state index < -0.39 is 12.2 Å². The van der Waals surface area contributed by atoms with Gasteiger partial charge in [-0.2, -0.15) is 0 Å². The highest BCUT2D eigenvalue weighted by atomic mass is 16.3. The molecule has 0 aromatic carbocycles. The molecule has 5 N–H and O–H groups in total. The van der Waals surface area contributed by atoms with E-state index in [0.717, 1.165) is 19.4 Å². The third-order valence-electron chi connectivity index (χ3n) is 4.69. The lowest BCUT2D eigenvalue weighted by Crippen LogP contribution is -2.45. The van der Waals surface area contributed by atoms with Crippen LogP contribution < -0.4 is 5.73 Å². The van der Waals surface area contributed by atoms with E-state index in [9.17, 15) is 15.3 Å². The first-order chi connectivity index (χ1) is 10.2. The van der Waals surface area contributed by atoms with Crippen molar-refractivity contribution >= 4 is 0 Å². The van der Waals surface area contributed by atoms with Crippen LogP contribution in [0.4, 0.5) is 0 Å². The summed E-state index contributed by atoms with van der Waals surface area (Å²) in [5.74, 6) is 0. The minimum absolute atomic E-state index is 0.133. The summed E-state index contributed by atoms with van der Waals surface area (Å²) in [6.45, 7) is 3.19. The van der Waals surface area contributed by atoms with Gasteiger partial charge in [0.05, 0.1) is 30.9 Å². The summed E-state index contributed by atoms with van der Waals surface area (Å²) in [5, 5.41) is 29.3. The van der Waals surface area contributed by atoms with Gasteiger partial charge in [-0.15, -0.1) is 0 Å². The topological polar surface area (TPSA) is 90.0 Å². The highest BCUT2D eigenvalue weighted by molar-refractivity contribution is 5.00. The van der Waals surface area contributed by atoms with E-state index >= 15 is 0 Å². The molecule has 0 aromatic rings. The molecule has 0 saturated carbocycles. The Morgan fingerprint density at radius 3 is 1.90 bits per heavy atom. The van der Waals surface area contributed by atoms with E-state index in [1.54, 1.807) is 0 Å². The number of hydrogen-bond donors (Lipinski definition) is 4. The molecule has 0 unspecified atom stereocenters. The Morgan fingerprint density at radius 2 is 1.38 bits per heavy atom. The number of aliphatic hydroxyl groups excluding tert-OH is 3. The first-order valence-corrected chi connectivity index (χ1v) is 8.60. The van der Waals surface area contributed by atoms with E-state index in [1.165, 1.54) is 38.5 Å². The van der Waals surface area contributed by atoms with Crippen molar-refractivity contribution in [2.75, 3.05) is 19.7 Å². The van der Waals surface area contributed by atoms with Gasteiger partial charge < -0.3 is 21.1 Å². The molecule has 1 saturated heterocycles. The Balaban J connectivity index is 2.23. The average molecular weight is 302 g/mol. The number of likely N-dealkylation sites (tertiary alicyclic amines) is 1. The fourth-order valence-corrected chi connectivity index (χ4v) is 3.34. The molecule has 0 amide bonds. The van der Waals surface area contributed by atoms with E-state index in [-0.39, 0.29) is 18.7 Å². The number of nitrogens with two attached hydrogens (primary N) is 1. The highest BCUT2D eigenvalue weighted by Crippen LogP contribution is 2.25. The summed E-state index contributed by atoms with van der Waals surface area (Å²) < 4.78 is 0. The molecule has 0 bridgehead atoms. The molecular formula is C16H34N2O3. The maximum atomic E-state index is 9.97. The zero-order valence-electron chi connectivity index (χ0n) is 13.5. The van der Waals surface area contributed by atoms with Gasteiger partial charge in [0.1, 0.15) is 0 Å². The van der Waals surface area contributed by atoms with Crippen molar-refractivity contribution in [3.05, 3.63) is 0 Å². The van der Waals surface area contributed by atoms with Crippen LogP contribution in [-0.4, -0.2) is 64.2 Å². The smallest absolute Gasteiger partial charge is 0.0992 e. The summed E-state index contributed by atoms with van der Waals surface area (Å²) in [6, 6.07) is -0.611. The van der Waals surface area contributed by atoms with Crippen molar-refractivity contribution in [2.24, 2.45) is 5.73 Å². The van der Waals surface area contributed by atoms with Gasteiger partial charge >= 0.3 is 0 Å². The Hall–Kier alpha value is -0.200. The summed E-state index contributed by atoms with van der Waals surface area (Å²) in [5.41, 5.74) is 5.70. The Bertz CT molecular complexity index is 250. The summed E-state index contributed by atoms with van der Waals surface area (Å²) in [4.78, 5) is 1.99.